The van der Waals surface area contributed by atoms with Crippen molar-refractivity contribution in [1.82, 2.24) is 4.72 Å². The predicted octanol–water partition coefficient (Wildman–Crippen LogP) is 3.50. The minimum atomic E-state index is 0.275. The number of hydrogen-bond donors (Lipinski definition) is 2. The lowest BCUT2D eigenvalue weighted by Gasteiger charge is -2.18. The highest BCUT2D eigenvalue weighted by atomic mass is 35.5. The highest BCUT2D eigenvalue weighted by Gasteiger charge is 2.20. The minimum Gasteiger partial charge on any atom is -0.324 e. The lowest BCUT2D eigenvalue weighted by atomic mass is 10.3. The number of rotatable bonds is 1. The first-order valence-electron chi connectivity index (χ1n) is 4.64. The Morgan fingerprint density at radius 3 is 2.80 bits per heavy atom. The largest absolute Gasteiger partial charge is 0.324 e. The number of aliphatic imine (C=N–C) groups is 1. The number of thiophene rings is 1. The Kier molecular flexibility index (Phi) is 3.13. The standard InChI is InChI=1S/C9H12ClN3S2/c1-4(2)11-9-12-6-5(3)7(10)14-8(6)15-13-9/h4H,1-3H3,(H2,11,12,13). The van der Waals surface area contributed by atoms with Crippen molar-refractivity contribution in [3.63, 3.8) is 0 Å². The lowest BCUT2D eigenvalue weighted by molar-refractivity contribution is 0.831. The third-order valence-corrected chi connectivity index (χ3v) is 4.50. The van der Waals surface area contributed by atoms with Gasteiger partial charge in [-0.3, -0.25) is 4.72 Å². The molecule has 0 radical (unpaired) electrons. The van der Waals surface area contributed by atoms with E-state index in [2.05, 4.69) is 15.0 Å². The molecule has 15 heavy (non-hydrogen) atoms. The average molecular weight is 262 g/mol. The fourth-order valence-corrected chi connectivity index (χ4v) is 3.56. The van der Waals surface area contributed by atoms with Crippen LogP contribution in [0.1, 0.15) is 19.4 Å². The van der Waals surface area contributed by atoms with Crippen LogP contribution in [0.4, 0.5) is 5.69 Å². The molecule has 82 valence electrons. The SMILES string of the molecule is Cc1c(Cl)sc2c1NC(=NC(C)C)NS2. The van der Waals surface area contributed by atoms with Crippen molar-refractivity contribution < 1.29 is 0 Å². The van der Waals surface area contributed by atoms with E-state index in [4.69, 9.17) is 11.6 Å². The van der Waals surface area contributed by atoms with Crippen molar-refractivity contribution in [2.45, 2.75) is 31.0 Å². The van der Waals surface area contributed by atoms with Gasteiger partial charge in [-0.1, -0.05) is 11.6 Å². The summed E-state index contributed by atoms with van der Waals surface area (Å²) in [4.78, 5) is 4.42. The quantitative estimate of drug-likeness (QED) is 0.760. The van der Waals surface area contributed by atoms with Gasteiger partial charge in [-0.05, 0) is 20.8 Å². The Bertz CT molecular complexity index is 412. The molecule has 0 aliphatic carbocycles. The molecule has 2 N–H and O–H groups in total. The zero-order valence-electron chi connectivity index (χ0n) is 8.72. The molecular formula is C9H12ClN3S2. The van der Waals surface area contributed by atoms with Gasteiger partial charge in [0.15, 0.2) is 0 Å². The molecule has 0 bridgehead atoms. The third-order valence-electron chi connectivity index (χ3n) is 1.93. The number of guanidine groups is 1. The first kappa shape index (κ1) is 11.1. The first-order valence-corrected chi connectivity index (χ1v) is 6.65. The smallest absolute Gasteiger partial charge is 0.206 e. The van der Waals surface area contributed by atoms with Crippen LogP contribution in [-0.2, 0) is 0 Å². The van der Waals surface area contributed by atoms with Crippen LogP contribution in [0.5, 0.6) is 0 Å². The van der Waals surface area contributed by atoms with Crippen molar-refractivity contribution in [3.8, 4) is 0 Å². The maximum Gasteiger partial charge on any atom is 0.206 e. The van der Waals surface area contributed by atoms with Gasteiger partial charge in [0.2, 0.25) is 5.96 Å². The van der Waals surface area contributed by atoms with Gasteiger partial charge in [-0.2, -0.15) is 0 Å². The van der Waals surface area contributed by atoms with Gasteiger partial charge < -0.3 is 5.32 Å². The van der Waals surface area contributed by atoms with E-state index < -0.39 is 0 Å². The van der Waals surface area contributed by atoms with Crippen LogP contribution >= 0.6 is 34.9 Å². The summed E-state index contributed by atoms with van der Waals surface area (Å²) in [6.45, 7) is 6.11. The fourth-order valence-electron chi connectivity index (χ4n) is 1.23. The Labute approximate surface area is 102 Å². The van der Waals surface area contributed by atoms with Crippen molar-refractivity contribution >= 4 is 46.5 Å². The maximum absolute atomic E-state index is 6.07. The van der Waals surface area contributed by atoms with Crippen LogP contribution < -0.4 is 10.0 Å². The number of fused-ring (bicyclic) bond motifs is 1. The normalized spacial score (nSPS) is 17.5. The lowest BCUT2D eigenvalue weighted by Crippen LogP contribution is -2.29. The molecule has 1 aliphatic heterocycles. The summed E-state index contributed by atoms with van der Waals surface area (Å²) in [5.74, 6) is 0.806. The van der Waals surface area contributed by atoms with Crippen LogP contribution in [0, 0.1) is 6.92 Å². The Morgan fingerprint density at radius 2 is 2.13 bits per heavy atom. The third kappa shape index (κ3) is 2.24. The number of hydrogen-bond acceptors (Lipinski definition) is 3. The maximum atomic E-state index is 6.07. The molecule has 1 aromatic heterocycles. The van der Waals surface area contributed by atoms with Crippen LogP contribution in [0.3, 0.4) is 0 Å². The molecule has 1 aromatic rings. The second kappa shape index (κ2) is 4.23. The molecule has 0 spiro atoms. The average Bonchev–Trinajstić information content (AvgIpc) is 2.43. The van der Waals surface area contributed by atoms with Gasteiger partial charge in [-0.15, -0.1) is 11.3 Å². The number of nitrogens with one attached hydrogen (secondary N) is 2. The van der Waals surface area contributed by atoms with Gasteiger partial charge in [0.25, 0.3) is 0 Å². The van der Waals surface area contributed by atoms with Gasteiger partial charge in [0, 0.05) is 23.6 Å². The zero-order valence-corrected chi connectivity index (χ0v) is 11.1. The highest BCUT2D eigenvalue weighted by molar-refractivity contribution is 8.00. The van der Waals surface area contributed by atoms with Crippen molar-refractivity contribution in [3.05, 3.63) is 9.90 Å². The van der Waals surface area contributed by atoms with Gasteiger partial charge in [0.1, 0.15) is 4.21 Å². The van der Waals surface area contributed by atoms with Crippen molar-refractivity contribution in [2.75, 3.05) is 5.32 Å². The Hall–Kier alpha value is -0.390. The van der Waals surface area contributed by atoms with Crippen molar-refractivity contribution in [2.24, 2.45) is 4.99 Å². The second-order valence-electron chi connectivity index (χ2n) is 3.56. The molecule has 0 unspecified atom stereocenters. The van der Waals surface area contributed by atoms with Gasteiger partial charge in [-0.25, -0.2) is 4.99 Å². The molecule has 2 heterocycles. The number of nitrogens with zero attached hydrogens (tertiary/aromatic N) is 1. The van der Waals surface area contributed by atoms with Gasteiger partial charge in [0.05, 0.1) is 10.0 Å². The number of anilines is 1. The molecule has 3 nitrogen and oxygen atoms in total. The summed E-state index contributed by atoms with van der Waals surface area (Å²) >= 11 is 9.22. The van der Waals surface area contributed by atoms with Crippen LogP contribution in [0.25, 0.3) is 0 Å². The molecule has 0 aromatic carbocycles. The van der Waals surface area contributed by atoms with Crippen LogP contribution in [-0.4, -0.2) is 12.0 Å². The predicted molar refractivity (Wildman–Crippen MR) is 69.3 cm³/mol. The van der Waals surface area contributed by atoms with E-state index in [-0.39, 0.29) is 6.04 Å². The number of halogens is 1. The van der Waals surface area contributed by atoms with Gasteiger partial charge >= 0.3 is 0 Å². The fraction of sp³-hybridized carbons (Fsp3) is 0.444. The molecule has 0 amide bonds. The zero-order chi connectivity index (χ0) is 11.0. The Morgan fingerprint density at radius 1 is 1.40 bits per heavy atom. The molecule has 6 heteroatoms. The second-order valence-corrected chi connectivity index (χ2v) is 6.26. The van der Waals surface area contributed by atoms with E-state index in [0.29, 0.717) is 0 Å². The highest BCUT2D eigenvalue weighted by Crippen LogP contribution is 2.43. The van der Waals surface area contributed by atoms with Crippen LogP contribution in [0.2, 0.25) is 4.34 Å². The van der Waals surface area contributed by atoms with E-state index in [9.17, 15) is 0 Å². The molecule has 1 aliphatic rings. The summed E-state index contributed by atoms with van der Waals surface area (Å²) in [7, 11) is 0. The monoisotopic (exact) mass is 261 g/mol. The molecule has 2 rings (SSSR count). The summed E-state index contributed by atoms with van der Waals surface area (Å²) in [6, 6.07) is 0.275. The molecule has 0 atom stereocenters. The Balaban J connectivity index is 2.30. The molecule has 0 fully saturated rings. The summed E-state index contributed by atoms with van der Waals surface area (Å²) in [6.07, 6.45) is 0. The first-order chi connectivity index (χ1) is 7.08. The van der Waals surface area contributed by atoms with E-state index in [1.54, 1.807) is 23.3 Å². The van der Waals surface area contributed by atoms with E-state index in [0.717, 1.165) is 21.5 Å². The summed E-state index contributed by atoms with van der Waals surface area (Å²) < 4.78 is 5.16. The van der Waals surface area contributed by atoms with E-state index in [1.807, 2.05) is 20.8 Å². The molecule has 0 saturated carbocycles. The van der Waals surface area contributed by atoms with Crippen LogP contribution in [0.15, 0.2) is 9.20 Å². The minimum absolute atomic E-state index is 0.275. The molecular weight excluding hydrogens is 250 g/mol. The summed E-state index contributed by atoms with van der Waals surface area (Å²) in [5.41, 5.74) is 2.19. The van der Waals surface area contributed by atoms with Crippen molar-refractivity contribution in [1.29, 1.82) is 0 Å². The topological polar surface area (TPSA) is 36.4 Å². The summed E-state index contributed by atoms with van der Waals surface area (Å²) in [5, 5.41) is 3.26. The molecule has 0 saturated heterocycles. The van der Waals surface area contributed by atoms with E-state index in [1.165, 1.54) is 4.21 Å². The van der Waals surface area contributed by atoms with E-state index >= 15 is 0 Å².